The van der Waals surface area contributed by atoms with Crippen LogP contribution in [0, 0.1) is 6.92 Å². The maximum absolute atomic E-state index is 14.0. The molecule has 0 saturated carbocycles. The van der Waals surface area contributed by atoms with E-state index in [2.05, 4.69) is 34.1 Å². The minimum absolute atomic E-state index is 0.0640. The van der Waals surface area contributed by atoms with Crippen LogP contribution in [0.2, 0.25) is 0 Å². The van der Waals surface area contributed by atoms with Gasteiger partial charge in [-0.2, -0.15) is 0 Å². The number of aryl methyl sites for hydroxylation is 1. The summed E-state index contributed by atoms with van der Waals surface area (Å²) in [6.45, 7) is 6.80. The first-order valence-electron chi connectivity index (χ1n) is 13.8. The van der Waals surface area contributed by atoms with Crippen LogP contribution in [0.3, 0.4) is 0 Å². The highest BCUT2D eigenvalue weighted by molar-refractivity contribution is 5.95. The maximum atomic E-state index is 14.0. The molecule has 1 aliphatic heterocycles. The number of hydrogen-bond donors (Lipinski definition) is 0. The Morgan fingerprint density at radius 3 is 2.21 bits per heavy atom. The SMILES string of the molecule is COc1cc(CN2CCC(c3nc(C)ccc3C(=O)N(CCN(C)C)Cc3ccccc3)CC2)cc(OC)c1. The summed E-state index contributed by atoms with van der Waals surface area (Å²) in [5.41, 5.74) is 4.95. The average Bonchev–Trinajstić information content (AvgIpc) is 2.95. The fraction of sp³-hybridized carbons (Fsp3) is 0.438. The van der Waals surface area contributed by atoms with Crippen molar-refractivity contribution in [1.82, 2.24) is 19.7 Å². The monoisotopic (exact) mass is 530 g/mol. The van der Waals surface area contributed by atoms with Crippen molar-refractivity contribution in [2.24, 2.45) is 0 Å². The highest BCUT2D eigenvalue weighted by Gasteiger charge is 2.28. The number of ether oxygens (including phenoxy) is 2. The largest absolute Gasteiger partial charge is 0.497 e. The van der Waals surface area contributed by atoms with Crippen molar-refractivity contribution >= 4 is 5.91 Å². The molecule has 0 bridgehead atoms. The summed E-state index contributed by atoms with van der Waals surface area (Å²) in [5.74, 6) is 1.93. The van der Waals surface area contributed by atoms with Crippen molar-refractivity contribution in [2.75, 3.05) is 54.5 Å². The van der Waals surface area contributed by atoms with E-state index in [4.69, 9.17) is 14.5 Å². The Bertz CT molecular complexity index is 1200. The lowest BCUT2D eigenvalue weighted by molar-refractivity contribution is 0.0728. The smallest absolute Gasteiger partial charge is 0.256 e. The van der Waals surface area contributed by atoms with Gasteiger partial charge in [0.2, 0.25) is 0 Å². The van der Waals surface area contributed by atoms with Crippen LogP contribution in [0.25, 0.3) is 0 Å². The molecule has 0 N–H and O–H groups in total. The molecule has 208 valence electrons. The van der Waals surface area contributed by atoms with Gasteiger partial charge in [-0.3, -0.25) is 14.7 Å². The van der Waals surface area contributed by atoms with Crippen LogP contribution in [0.15, 0.2) is 60.7 Å². The third-order valence-electron chi connectivity index (χ3n) is 7.41. The molecule has 39 heavy (non-hydrogen) atoms. The number of carbonyl (C=O) groups excluding carboxylic acids is 1. The van der Waals surface area contributed by atoms with Crippen molar-refractivity contribution in [3.05, 3.63) is 88.7 Å². The summed E-state index contributed by atoms with van der Waals surface area (Å²) in [4.78, 5) is 25.5. The lowest BCUT2D eigenvalue weighted by Gasteiger charge is -2.33. The molecule has 2 aromatic carbocycles. The molecule has 7 nitrogen and oxygen atoms in total. The number of rotatable bonds is 11. The second kappa shape index (κ2) is 13.6. The summed E-state index contributed by atoms with van der Waals surface area (Å²) in [6, 6.07) is 20.2. The Kier molecular flexibility index (Phi) is 9.96. The lowest BCUT2D eigenvalue weighted by atomic mass is 9.89. The number of aromatic nitrogens is 1. The topological polar surface area (TPSA) is 58.1 Å². The van der Waals surface area contributed by atoms with Crippen molar-refractivity contribution in [3.8, 4) is 11.5 Å². The minimum atomic E-state index is 0.0640. The van der Waals surface area contributed by atoms with Gasteiger partial charge in [0, 0.05) is 43.9 Å². The molecule has 1 fully saturated rings. The van der Waals surface area contributed by atoms with Crippen LogP contribution in [0.1, 0.15) is 51.6 Å². The number of carbonyl (C=O) groups is 1. The lowest BCUT2D eigenvalue weighted by Crippen LogP contribution is -2.38. The molecule has 2 heterocycles. The van der Waals surface area contributed by atoms with E-state index in [1.807, 2.05) is 62.3 Å². The van der Waals surface area contributed by atoms with E-state index in [1.54, 1.807) is 14.2 Å². The van der Waals surface area contributed by atoms with Gasteiger partial charge in [0.1, 0.15) is 11.5 Å². The summed E-state index contributed by atoms with van der Waals surface area (Å²) in [7, 11) is 7.44. The van der Waals surface area contributed by atoms with Crippen molar-refractivity contribution in [1.29, 1.82) is 0 Å². The second-order valence-electron chi connectivity index (χ2n) is 10.7. The Balaban J connectivity index is 1.49. The van der Waals surface area contributed by atoms with E-state index in [0.717, 1.165) is 73.0 Å². The number of piperidine rings is 1. The standard InChI is InChI=1S/C32H42N4O3/c1-24-11-12-30(32(37)36(18-17-34(2)3)23-25-9-7-6-8-10-25)31(33-24)27-13-15-35(16-14-27)22-26-19-28(38-4)21-29(20-26)39-5/h6-12,19-21,27H,13-18,22-23H2,1-5H3. The Morgan fingerprint density at radius 1 is 0.923 bits per heavy atom. The van der Waals surface area contributed by atoms with Crippen molar-refractivity contribution in [2.45, 2.75) is 38.8 Å². The molecule has 0 spiro atoms. The number of benzene rings is 2. The summed E-state index contributed by atoms with van der Waals surface area (Å²) >= 11 is 0. The van der Waals surface area contributed by atoms with E-state index in [-0.39, 0.29) is 11.8 Å². The van der Waals surface area contributed by atoms with E-state index >= 15 is 0 Å². The number of nitrogens with zero attached hydrogens (tertiary/aromatic N) is 4. The predicted molar refractivity (Wildman–Crippen MR) is 156 cm³/mol. The maximum Gasteiger partial charge on any atom is 0.256 e. The first-order valence-corrected chi connectivity index (χ1v) is 13.8. The summed E-state index contributed by atoms with van der Waals surface area (Å²) in [5, 5.41) is 0. The fourth-order valence-electron chi connectivity index (χ4n) is 5.20. The minimum Gasteiger partial charge on any atom is -0.497 e. The number of methoxy groups -OCH3 is 2. The molecule has 3 aromatic rings. The number of likely N-dealkylation sites (N-methyl/N-ethyl adjacent to an activating group) is 1. The third kappa shape index (κ3) is 7.80. The molecular formula is C32H42N4O3. The van der Waals surface area contributed by atoms with Gasteiger partial charge in [-0.05, 0) is 82.3 Å². The van der Waals surface area contributed by atoms with Gasteiger partial charge in [0.05, 0.1) is 25.5 Å². The molecule has 4 rings (SSSR count). The zero-order chi connectivity index (χ0) is 27.8. The second-order valence-corrected chi connectivity index (χ2v) is 10.7. The van der Waals surface area contributed by atoms with Crippen LogP contribution >= 0.6 is 0 Å². The Labute approximate surface area is 233 Å². The summed E-state index contributed by atoms with van der Waals surface area (Å²) < 4.78 is 10.9. The van der Waals surface area contributed by atoms with Crippen LogP contribution in [0.5, 0.6) is 11.5 Å². The van der Waals surface area contributed by atoms with Crippen LogP contribution < -0.4 is 9.47 Å². The quantitative estimate of drug-likeness (QED) is 0.348. The molecule has 1 aromatic heterocycles. The molecule has 1 saturated heterocycles. The van der Waals surface area contributed by atoms with Gasteiger partial charge in [-0.15, -0.1) is 0 Å². The summed E-state index contributed by atoms with van der Waals surface area (Å²) in [6.07, 6.45) is 1.93. The highest BCUT2D eigenvalue weighted by atomic mass is 16.5. The number of amides is 1. The van der Waals surface area contributed by atoms with Crippen molar-refractivity contribution < 1.29 is 14.3 Å². The van der Waals surface area contributed by atoms with Crippen LogP contribution in [0.4, 0.5) is 0 Å². The fourth-order valence-corrected chi connectivity index (χ4v) is 5.20. The van der Waals surface area contributed by atoms with Crippen molar-refractivity contribution in [3.63, 3.8) is 0 Å². The number of hydrogen-bond acceptors (Lipinski definition) is 6. The first kappa shape index (κ1) is 28.6. The van der Waals surface area contributed by atoms with Gasteiger partial charge in [-0.1, -0.05) is 30.3 Å². The molecular weight excluding hydrogens is 488 g/mol. The number of likely N-dealkylation sites (tertiary alicyclic amines) is 1. The van der Waals surface area contributed by atoms with Gasteiger partial charge in [0.25, 0.3) is 5.91 Å². The molecule has 0 aliphatic carbocycles. The zero-order valence-corrected chi connectivity index (χ0v) is 24.0. The molecule has 0 unspecified atom stereocenters. The van der Waals surface area contributed by atoms with E-state index < -0.39 is 0 Å². The Hall–Kier alpha value is -3.42. The molecule has 0 radical (unpaired) electrons. The zero-order valence-electron chi connectivity index (χ0n) is 24.0. The molecule has 7 heteroatoms. The van der Waals surface area contributed by atoms with Gasteiger partial charge in [0.15, 0.2) is 0 Å². The average molecular weight is 531 g/mol. The van der Waals surface area contributed by atoms with E-state index in [0.29, 0.717) is 13.1 Å². The predicted octanol–water partition coefficient (Wildman–Crippen LogP) is 4.99. The Morgan fingerprint density at radius 2 is 1.59 bits per heavy atom. The molecule has 0 atom stereocenters. The van der Waals surface area contributed by atoms with Crippen LogP contribution in [-0.4, -0.2) is 80.1 Å². The van der Waals surface area contributed by atoms with Crippen LogP contribution in [-0.2, 0) is 13.1 Å². The van der Waals surface area contributed by atoms with Gasteiger partial charge < -0.3 is 19.3 Å². The van der Waals surface area contributed by atoms with Gasteiger partial charge >= 0.3 is 0 Å². The van der Waals surface area contributed by atoms with E-state index in [1.165, 1.54) is 5.56 Å². The highest BCUT2D eigenvalue weighted by Crippen LogP contribution is 2.32. The normalized spacial score (nSPS) is 14.4. The third-order valence-corrected chi connectivity index (χ3v) is 7.41. The van der Waals surface area contributed by atoms with Gasteiger partial charge in [-0.25, -0.2) is 0 Å². The molecule has 1 aliphatic rings. The molecule has 1 amide bonds. The first-order chi connectivity index (χ1) is 18.9. The number of pyridine rings is 1. The van der Waals surface area contributed by atoms with E-state index in [9.17, 15) is 4.79 Å².